The van der Waals surface area contributed by atoms with E-state index < -0.39 is 15.4 Å². The van der Waals surface area contributed by atoms with Crippen LogP contribution in [0, 0.1) is 16.7 Å². The van der Waals surface area contributed by atoms with Crippen LogP contribution in [0.5, 0.6) is 0 Å². The minimum Gasteiger partial charge on any atom is -0.337 e. The van der Waals surface area contributed by atoms with Gasteiger partial charge in [-0.3, -0.25) is 0 Å². The Labute approximate surface area is 177 Å². The van der Waals surface area contributed by atoms with Crippen LogP contribution in [-0.4, -0.2) is 34.9 Å². The number of fused-ring (bicyclic) bond motifs is 1. The van der Waals surface area contributed by atoms with Crippen molar-refractivity contribution in [3.63, 3.8) is 0 Å². The van der Waals surface area contributed by atoms with Gasteiger partial charge in [0, 0.05) is 35.3 Å². The van der Waals surface area contributed by atoms with Crippen LogP contribution in [0.1, 0.15) is 13.8 Å². The second kappa shape index (κ2) is 7.60. The zero-order valence-corrected chi connectivity index (χ0v) is 17.9. The van der Waals surface area contributed by atoms with E-state index in [0.717, 1.165) is 16.1 Å². The number of nitriles is 1. The van der Waals surface area contributed by atoms with Crippen molar-refractivity contribution >= 4 is 32.4 Å². The average Bonchev–Trinajstić information content (AvgIpc) is 3.41. The zero-order chi connectivity index (χ0) is 21.4. The molecule has 0 bridgehead atoms. The number of hydrogen-bond acceptors (Lipinski definition) is 7. The maximum Gasteiger partial charge on any atom is 0.258 e. The third-order valence-electron chi connectivity index (χ3n) is 4.43. The van der Waals surface area contributed by atoms with E-state index in [2.05, 4.69) is 30.7 Å². The minimum atomic E-state index is -3.85. The van der Waals surface area contributed by atoms with Crippen LogP contribution in [0.3, 0.4) is 0 Å². The lowest BCUT2D eigenvalue weighted by Gasteiger charge is -2.15. The highest BCUT2D eigenvalue weighted by Crippen LogP contribution is 2.27. The molecule has 0 saturated heterocycles. The van der Waals surface area contributed by atoms with Gasteiger partial charge in [-0.05, 0) is 38.1 Å². The van der Waals surface area contributed by atoms with E-state index in [9.17, 15) is 8.42 Å². The van der Waals surface area contributed by atoms with E-state index >= 15 is 0 Å². The second-order valence-corrected chi connectivity index (χ2v) is 9.97. The minimum absolute atomic E-state index is 0.00582. The van der Waals surface area contributed by atoms with Crippen molar-refractivity contribution in [2.75, 3.05) is 6.54 Å². The summed E-state index contributed by atoms with van der Waals surface area (Å²) in [6.07, 6.45) is 3.39. The van der Waals surface area contributed by atoms with Gasteiger partial charge >= 0.3 is 0 Å². The Morgan fingerprint density at radius 1 is 1.27 bits per heavy atom. The lowest BCUT2D eigenvalue weighted by atomic mass is 9.97. The Kier molecular flexibility index (Phi) is 5.11. The number of rotatable bonds is 6. The van der Waals surface area contributed by atoms with Gasteiger partial charge in [-0.2, -0.15) is 5.26 Å². The number of sulfonamides is 1. The second-order valence-electron chi connectivity index (χ2n) is 7.36. The first-order valence-corrected chi connectivity index (χ1v) is 11.4. The van der Waals surface area contributed by atoms with Crippen LogP contribution in [0.4, 0.5) is 0 Å². The van der Waals surface area contributed by atoms with Crippen LogP contribution < -0.4 is 4.72 Å². The molecule has 0 aliphatic rings. The maximum absolute atomic E-state index is 12.6. The topological polar surface area (TPSA) is 124 Å². The van der Waals surface area contributed by atoms with Crippen molar-refractivity contribution in [3.05, 3.63) is 48.1 Å². The molecule has 0 radical (unpaired) electrons. The average molecular weight is 439 g/mol. The molecule has 0 spiro atoms. The van der Waals surface area contributed by atoms with Crippen LogP contribution in [-0.2, 0) is 10.0 Å². The van der Waals surface area contributed by atoms with Crippen LogP contribution >= 0.6 is 11.3 Å². The van der Waals surface area contributed by atoms with Crippen molar-refractivity contribution in [2.45, 2.75) is 18.9 Å². The summed E-state index contributed by atoms with van der Waals surface area (Å²) in [7, 11) is -3.85. The lowest BCUT2D eigenvalue weighted by Crippen LogP contribution is -2.33. The first-order chi connectivity index (χ1) is 14.3. The summed E-state index contributed by atoms with van der Waals surface area (Å²) < 4.78 is 27.7. The Bertz CT molecular complexity index is 1350. The summed E-state index contributed by atoms with van der Waals surface area (Å²) in [4.78, 5) is 16.3. The molecule has 10 heteroatoms. The molecule has 0 unspecified atom stereocenters. The fourth-order valence-corrected chi connectivity index (χ4v) is 4.53. The summed E-state index contributed by atoms with van der Waals surface area (Å²) in [5.74, 6) is 0. The maximum atomic E-state index is 12.6. The highest BCUT2D eigenvalue weighted by molar-refractivity contribution is 7.89. The van der Waals surface area contributed by atoms with Crippen molar-refractivity contribution in [1.29, 1.82) is 5.26 Å². The zero-order valence-electron chi connectivity index (χ0n) is 16.2. The third kappa shape index (κ3) is 4.09. The number of pyridine rings is 2. The number of nitrogens with zero attached hydrogens (tertiary/aromatic N) is 4. The number of thiazole rings is 1. The molecule has 4 aromatic rings. The monoisotopic (exact) mass is 438 g/mol. The Morgan fingerprint density at radius 3 is 2.83 bits per heavy atom. The quantitative estimate of drug-likeness (QED) is 0.474. The van der Waals surface area contributed by atoms with Gasteiger partial charge in [0.25, 0.3) is 10.0 Å². The largest absolute Gasteiger partial charge is 0.337 e. The molecule has 0 aliphatic heterocycles. The molecule has 8 nitrogen and oxygen atoms in total. The van der Waals surface area contributed by atoms with Crippen LogP contribution in [0.25, 0.3) is 33.0 Å². The lowest BCUT2D eigenvalue weighted by molar-refractivity contribution is 0.478. The van der Waals surface area contributed by atoms with Gasteiger partial charge in [0.05, 0.1) is 22.9 Å². The smallest absolute Gasteiger partial charge is 0.258 e. The fraction of sp³-hybridized carbons (Fsp3) is 0.200. The summed E-state index contributed by atoms with van der Waals surface area (Å²) >= 11 is 1.53. The molecule has 30 heavy (non-hydrogen) atoms. The van der Waals surface area contributed by atoms with Gasteiger partial charge in [0.15, 0.2) is 5.03 Å². The number of aromatic nitrogens is 4. The van der Waals surface area contributed by atoms with Gasteiger partial charge in [-0.15, -0.1) is 11.3 Å². The van der Waals surface area contributed by atoms with E-state index in [1.807, 2.05) is 17.5 Å². The van der Waals surface area contributed by atoms with Crippen molar-refractivity contribution in [1.82, 2.24) is 24.7 Å². The van der Waals surface area contributed by atoms with Crippen molar-refractivity contribution in [2.24, 2.45) is 5.41 Å². The number of H-pyrrole nitrogens is 1. The first-order valence-electron chi connectivity index (χ1n) is 9.04. The number of nitrogens with one attached hydrogen (secondary N) is 2. The van der Waals surface area contributed by atoms with Crippen LogP contribution in [0.2, 0.25) is 0 Å². The highest BCUT2D eigenvalue weighted by atomic mass is 32.2. The van der Waals surface area contributed by atoms with E-state index in [1.165, 1.54) is 17.4 Å². The molecule has 0 fully saturated rings. The highest BCUT2D eigenvalue weighted by Gasteiger charge is 2.23. The summed E-state index contributed by atoms with van der Waals surface area (Å²) in [6, 6.07) is 10.7. The van der Waals surface area contributed by atoms with Gasteiger partial charge in [0.1, 0.15) is 10.7 Å². The SMILES string of the molecule is CC(C)(C#N)CNS(=O)(=O)c1cccc(-c2cnc3[nH]c(-c4nccs4)cc3c2)n1. The predicted octanol–water partition coefficient (Wildman–Crippen LogP) is 3.58. The predicted molar refractivity (Wildman–Crippen MR) is 115 cm³/mol. The molecule has 0 atom stereocenters. The third-order valence-corrected chi connectivity index (χ3v) is 6.54. The molecule has 152 valence electrons. The summed E-state index contributed by atoms with van der Waals surface area (Å²) in [6.45, 7) is 3.32. The molecule has 0 amide bonds. The molecular formula is C20H18N6O2S2. The molecule has 4 heterocycles. The Morgan fingerprint density at radius 2 is 2.10 bits per heavy atom. The normalized spacial score (nSPS) is 12.2. The number of hydrogen-bond donors (Lipinski definition) is 2. The molecule has 2 N–H and O–H groups in total. The Balaban J connectivity index is 1.65. The van der Waals surface area contributed by atoms with Gasteiger partial charge in [-0.1, -0.05) is 6.07 Å². The van der Waals surface area contributed by atoms with Gasteiger partial charge in [0.2, 0.25) is 0 Å². The van der Waals surface area contributed by atoms with Gasteiger partial charge in [-0.25, -0.2) is 28.1 Å². The molecule has 4 rings (SSSR count). The standard InChI is InChI=1S/C20H18N6O2S2/c1-20(2,11-21)12-24-30(27,28)17-5-3-4-15(25-17)14-8-13-9-16(19-22-6-7-29-19)26-18(13)23-10-14/h3-10,24H,12H2,1-2H3,(H,23,26). The van der Waals surface area contributed by atoms with Crippen LogP contribution in [0.15, 0.2) is 53.1 Å². The number of aromatic amines is 1. The van der Waals surface area contributed by atoms with Crippen molar-refractivity contribution < 1.29 is 8.42 Å². The molecular weight excluding hydrogens is 420 g/mol. The summed E-state index contributed by atoms with van der Waals surface area (Å²) in [5.41, 5.74) is 1.96. The molecule has 0 saturated carbocycles. The fourth-order valence-electron chi connectivity index (χ4n) is 2.74. The molecule has 0 aromatic carbocycles. The van der Waals surface area contributed by atoms with E-state index in [4.69, 9.17) is 5.26 Å². The van der Waals surface area contributed by atoms with E-state index in [0.29, 0.717) is 16.9 Å². The first kappa shape index (κ1) is 20.2. The van der Waals surface area contributed by atoms with Gasteiger partial charge < -0.3 is 4.98 Å². The Hall–Kier alpha value is -3.13. The summed E-state index contributed by atoms with van der Waals surface area (Å²) in [5, 5.41) is 12.6. The molecule has 0 aliphatic carbocycles. The molecule has 4 aromatic heterocycles. The van der Waals surface area contributed by atoms with E-state index in [1.54, 1.807) is 38.4 Å². The van der Waals surface area contributed by atoms with Crippen molar-refractivity contribution in [3.8, 4) is 28.0 Å². The van der Waals surface area contributed by atoms with E-state index in [-0.39, 0.29) is 11.6 Å².